The molecule has 0 radical (unpaired) electrons. The van der Waals surface area contributed by atoms with E-state index in [2.05, 4.69) is 29.9 Å². The summed E-state index contributed by atoms with van der Waals surface area (Å²) in [5, 5.41) is 11.9. The first-order valence-corrected chi connectivity index (χ1v) is 9.52. The fraction of sp³-hybridized carbons (Fsp3) is 0.318. The van der Waals surface area contributed by atoms with Gasteiger partial charge in [0.05, 0.1) is 12.7 Å². The molecule has 1 aromatic heterocycles. The van der Waals surface area contributed by atoms with Crippen molar-refractivity contribution in [3.8, 4) is 5.75 Å². The van der Waals surface area contributed by atoms with Crippen LogP contribution in [-0.4, -0.2) is 59.1 Å². The highest BCUT2D eigenvalue weighted by Gasteiger charge is 2.23. The number of hydrogen-bond donors (Lipinski definition) is 2. The first-order chi connectivity index (χ1) is 14.0. The molecule has 154 valence electrons. The zero-order valence-corrected chi connectivity index (χ0v) is 16.6. The van der Waals surface area contributed by atoms with Crippen LogP contribution in [0.4, 0.5) is 0 Å². The Kier molecular flexibility index (Phi) is 8.85. The second-order valence-electron chi connectivity index (χ2n) is 6.45. The summed E-state index contributed by atoms with van der Waals surface area (Å²) in [6.45, 7) is 7.31. The third kappa shape index (κ3) is 7.38. The summed E-state index contributed by atoms with van der Waals surface area (Å²) in [6, 6.07) is 10.0. The van der Waals surface area contributed by atoms with Crippen LogP contribution in [0.25, 0.3) is 0 Å². The Morgan fingerprint density at radius 3 is 2.69 bits per heavy atom. The van der Waals surface area contributed by atoms with Gasteiger partial charge in [-0.3, -0.25) is 14.6 Å². The number of ether oxygens (including phenoxy) is 1. The van der Waals surface area contributed by atoms with Crippen molar-refractivity contribution in [2.24, 2.45) is 0 Å². The first-order valence-electron chi connectivity index (χ1n) is 9.52. The van der Waals surface area contributed by atoms with E-state index in [1.165, 1.54) is 23.8 Å². The number of aryl methyl sites for hydroxylation is 1. The second kappa shape index (κ2) is 11.6. The standard InChI is InChI=1S/C15H18N2O4.C7H9N/c1-2-14(19)17-7-8-21-13(10-17)9-16-15(20)11-3-5-12(18)6-4-11;1-2-7-4-3-5-8-6-7/h2-6,13,18H,1,7-10H2,(H,16,20);3-6H,2H2,1H3. The first kappa shape index (κ1) is 22.1. The molecule has 1 atom stereocenters. The highest BCUT2D eigenvalue weighted by molar-refractivity contribution is 5.94. The monoisotopic (exact) mass is 397 g/mol. The van der Waals surface area contributed by atoms with Crippen molar-refractivity contribution in [1.82, 2.24) is 15.2 Å². The van der Waals surface area contributed by atoms with Crippen molar-refractivity contribution < 1.29 is 19.4 Å². The minimum absolute atomic E-state index is 0.112. The number of aromatic hydroxyl groups is 1. The summed E-state index contributed by atoms with van der Waals surface area (Å²) in [7, 11) is 0. The van der Waals surface area contributed by atoms with Crippen LogP contribution in [0, 0.1) is 0 Å². The maximum Gasteiger partial charge on any atom is 0.251 e. The smallest absolute Gasteiger partial charge is 0.251 e. The minimum Gasteiger partial charge on any atom is -0.508 e. The van der Waals surface area contributed by atoms with E-state index in [1.54, 1.807) is 23.2 Å². The molecule has 1 fully saturated rings. The van der Waals surface area contributed by atoms with E-state index in [9.17, 15) is 14.7 Å². The fourth-order valence-electron chi connectivity index (χ4n) is 2.70. The van der Waals surface area contributed by atoms with E-state index in [1.807, 2.05) is 12.3 Å². The third-order valence-electron chi connectivity index (χ3n) is 4.38. The summed E-state index contributed by atoms with van der Waals surface area (Å²) in [6.07, 6.45) is 5.80. The lowest BCUT2D eigenvalue weighted by atomic mass is 10.2. The van der Waals surface area contributed by atoms with Crippen LogP contribution in [0.3, 0.4) is 0 Å². The Morgan fingerprint density at radius 2 is 2.10 bits per heavy atom. The number of pyridine rings is 1. The summed E-state index contributed by atoms with van der Waals surface area (Å²) in [4.78, 5) is 29.1. The molecule has 3 rings (SSSR count). The summed E-state index contributed by atoms with van der Waals surface area (Å²) < 4.78 is 5.53. The average Bonchev–Trinajstić information content (AvgIpc) is 2.78. The molecule has 0 aliphatic carbocycles. The highest BCUT2D eigenvalue weighted by Crippen LogP contribution is 2.10. The Balaban J connectivity index is 0.000000313. The zero-order chi connectivity index (χ0) is 21.1. The molecule has 1 unspecified atom stereocenters. The normalized spacial score (nSPS) is 15.6. The van der Waals surface area contributed by atoms with Crippen LogP contribution in [-0.2, 0) is 16.0 Å². The molecule has 1 aliphatic heterocycles. The highest BCUT2D eigenvalue weighted by atomic mass is 16.5. The number of hydrogen-bond acceptors (Lipinski definition) is 5. The van der Waals surface area contributed by atoms with Crippen LogP contribution in [0.15, 0.2) is 61.4 Å². The molecule has 2 N–H and O–H groups in total. The minimum atomic E-state index is -0.245. The molecule has 29 heavy (non-hydrogen) atoms. The fourth-order valence-corrected chi connectivity index (χ4v) is 2.70. The van der Waals surface area contributed by atoms with Crippen LogP contribution in [0.5, 0.6) is 5.75 Å². The van der Waals surface area contributed by atoms with Gasteiger partial charge < -0.3 is 20.1 Å². The van der Waals surface area contributed by atoms with Crippen molar-refractivity contribution in [3.63, 3.8) is 0 Å². The van der Waals surface area contributed by atoms with Gasteiger partial charge in [-0.05, 0) is 48.4 Å². The van der Waals surface area contributed by atoms with Crippen molar-refractivity contribution >= 4 is 11.8 Å². The van der Waals surface area contributed by atoms with E-state index >= 15 is 0 Å². The predicted molar refractivity (Wildman–Crippen MR) is 111 cm³/mol. The number of benzene rings is 1. The molecule has 1 aliphatic rings. The summed E-state index contributed by atoms with van der Waals surface area (Å²) >= 11 is 0. The number of nitrogens with one attached hydrogen (secondary N) is 1. The number of phenols is 1. The lowest BCUT2D eigenvalue weighted by Gasteiger charge is -2.32. The van der Waals surface area contributed by atoms with Crippen molar-refractivity contribution in [2.45, 2.75) is 19.4 Å². The van der Waals surface area contributed by atoms with E-state index in [0.717, 1.165) is 6.42 Å². The van der Waals surface area contributed by atoms with E-state index in [-0.39, 0.29) is 23.7 Å². The molecule has 0 spiro atoms. The van der Waals surface area contributed by atoms with E-state index in [0.29, 0.717) is 31.8 Å². The molecule has 1 aromatic carbocycles. The number of carbonyl (C=O) groups is 2. The molecule has 1 saturated heterocycles. The van der Waals surface area contributed by atoms with Gasteiger partial charge in [0.15, 0.2) is 0 Å². The van der Waals surface area contributed by atoms with Crippen LogP contribution in [0.2, 0.25) is 0 Å². The number of rotatable bonds is 5. The van der Waals surface area contributed by atoms with Crippen LogP contribution in [0.1, 0.15) is 22.8 Å². The number of morpholine rings is 1. The maximum atomic E-state index is 11.9. The predicted octanol–water partition coefficient (Wildman–Crippen LogP) is 2.18. The Hall–Kier alpha value is -3.19. The van der Waals surface area contributed by atoms with Gasteiger partial charge in [-0.1, -0.05) is 19.6 Å². The van der Waals surface area contributed by atoms with Gasteiger partial charge in [0.2, 0.25) is 5.91 Å². The van der Waals surface area contributed by atoms with Gasteiger partial charge in [-0.2, -0.15) is 0 Å². The van der Waals surface area contributed by atoms with Crippen LogP contribution >= 0.6 is 0 Å². The molecule has 7 heteroatoms. The summed E-state index contributed by atoms with van der Waals surface area (Å²) in [5.74, 6) is -0.264. The zero-order valence-electron chi connectivity index (χ0n) is 16.6. The topological polar surface area (TPSA) is 91.8 Å². The van der Waals surface area contributed by atoms with E-state index < -0.39 is 0 Å². The van der Waals surface area contributed by atoms with Crippen LogP contribution < -0.4 is 5.32 Å². The van der Waals surface area contributed by atoms with Gasteiger partial charge >= 0.3 is 0 Å². The lowest BCUT2D eigenvalue weighted by molar-refractivity contribution is -0.133. The number of carbonyl (C=O) groups excluding carboxylic acids is 2. The molecular formula is C22H27N3O4. The van der Waals surface area contributed by atoms with Gasteiger partial charge in [0.1, 0.15) is 5.75 Å². The number of phenolic OH excluding ortho intramolecular Hbond substituents is 1. The third-order valence-corrected chi connectivity index (χ3v) is 4.38. The van der Waals surface area contributed by atoms with Crippen molar-refractivity contribution in [3.05, 3.63) is 72.6 Å². The Morgan fingerprint density at radius 1 is 1.34 bits per heavy atom. The van der Waals surface area contributed by atoms with Gasteiger partial charge in [0.25, 0.3) is 5.91 Å². The lowest BCUT2D eigenvalue weighted by Crippen LogP contribution is -2.49. The molecular weight excluding hydrogens is 370 g/mol. The molecule has 0 saturated carbocycles. The van der Waals surface area contributed by atoms with Crippen molar-refractivity contribution in [1.29, 1.82) is 0 Å². The van der Waals surface area contributed by atoms with E-state index in [4.69, 9.17) is 4.74 Å². The maximum absolute atomic E-state index is 11.9. The van der Waals surface area contributed by atoms with Gasteiger partial charge in [-0.15, -0.1) is 0 Å². The number of nitrogens with zero attached hydrogens (tertiary/aromatic N) is 2. The average molecular weight is 397 g/mol. The SMILES string of the molecule is C=CC(=O)N1CCOC(CNC(=O)c2ccc(O)cc2)C1.CCc1cccnc1. The Labute approximate surface area is 171 Å². The quantitative estimate of drug-likeness (QED) is 0.755. The number of aromatic nitrogens is 1. The van der Waals surface area contributed by atoms with Crippen molar-refractivity contribution in [2.75, 3.05) is 26.2 Å². The Bertz CT molecular complexity index is 793. The van der Waals surface area contributed by atoms with Gasteiger partial charge in [-0.25, -0.2) is 0 Å². The molecule has 7 nitrogen and oxygen atoms in total. The molecule has 2 amide bonds. The number of amides is 2. The summed E-state index contributed by atoms with van der Waals surface area (Å²) in [5.41, 5.74) is 1.76. The molecule has 0 bridgehead atoms. The second-order valence-corrected chi connectivity index (χ2v) is 6.45. The molecule has 2 aromatic rings. The largest absolute Gasteiger partial charge is 0.508 e. The van der Waals surface area contributed by atoms with Gasteiger partial charge in [0, 0.05) is 37.6 Å². The molecule has 2 heterocycles.